The van der Waals surface area contributed by atoms with Gasteiger partial charge in [-0.2, -0.15) is 0 Å². The molecule has 0 aromatic rings. The monoisotopic (exact) mass is 284 g/mol. The summed E-state index contributed by atoms with van der Waals surface area (Å²) in [5.74, 6) is 0.987. The fourth-order valence-electron chi connectivity index (χ4n) is 4.83. The van der Waals surface area contributed by atoms with Gasteiger partial charge in [-0.15, -0.1) is 13.2 Å². The molecule has 2 aliphatic rings. The minimum atomic E-state index is -0.312. The number of hydrogen-bond donors (Lipinski definition) is 0. The summed E-state index contributed by atoms with van der Waals surface area (Å²) in [6.45, 7) is 16.3. The van der Waals surface area contributed by atoms with Crippen LogP contribution in [-0.2, 0) is 4.79 Å². The van der Waals surface area contributed by atoms with Crippen molar-refractivity contribution in [3.63, 3.8) is 0 Å². The maximum absolute atomic E-state index is 12.9. The first-order valence-corrected chi connectivity index (χ1v) is 7.98. The van der Waals surface area contributed by atoms with Crippen LogP contribution in [-0.4, -0.2) is 5.78 Å². The van der Waals surface area contributed by atoms with Crippen molar-refractivity contribution in [2.45, 2.75) is 46.0 Å². The summed E-state index contributed by atoms with van der Waals surface area (Å²) in [5, 5.41) is 0. The highest BCUT2D eigenvalue weighted by atomic mass is 16.1. The Bertz CT molecular complexity index is 488. The zero-order chi connectivity index (χ0) is 15.7. The Morgan fingerprint density at radius 1 is 1.33 bits per heavy atom. The lowest BCUT2D eigenvalue weighted by molar-refractivity contribution is -0.146. The molecule has 1 saturated carbocycles. The average Bonchev–Trinajstić information content (AvgIpc) is 2.90. The molecule has 1 spiro atoms. The van der Waals surface area contributed by atoms with E-state index in [4.69, 9.17) is 0 Å². The van der Waals surface area contributed by atoms with Crippen LogP contribution in [0.4, 0.5) is 0 Å². The van der Waals surface area contributed by atoms with Crippen molar-refractivity contribution in [1.82, 2.24) is 0 Å². The van der Waals surface area contributed by atoms with Crippen molar-refractivity contribution >= 4 is 5.78 Å². The van der Waals surface area contributed by atoms with Gasteiger partial charge in [-0.25, -0.2) is 0 Å². The van der Waals surface area contributed by atoms with Crippen molar-refractivity contribution in [1.29, 1.82) is 0 Å². The fourth-order valence-corrected chi connectivity index (χ4v) is 4.83. The molecule has 1 nitrogen and oxygen atoms in total. The molecule has 0 heterocycles. The standard InChI is InChI=1S/C20H28O/c1-6-10-17-19(5,11-7-2)18(21)14-16(15(3)4)20(17)12-8-9-13-20/h6-9,16-17H,1-3,10-14H2,4-5H3/t16-,17-,19-/m0/s1. The molecule has 0 saturated heterocycles. The number of Topliss-reactive ketones (excluding diaryl/α,β-unsaturated/α-hetero) is 1. The molecule has 0 N–H and O–H groups in total. The van der Waals surface area contributed by atoms with Gasteiger partial charge in [-0.05, 0) is 49.9 Å². The molecule has 0 aromatic carbocycles. The lowest BCUT2D eigenvalue weighted by Crippen LogP contribution is -2.54. The van der Waals surface area contributed by atoms with Crippen molar-refractivity contribution in [2.75, 3.05) is 0 Å². The Labute approximate surface area is 129 Å². The summed E-state index contributed by atoms with van der Waals surface area (Å²) in [7, 11) is 0. The first-order valence-electron chi connectivity index (χ1n) is 7.98. The number of ketones is 1. The van der Waals surface area contributed by atoms with Gasteiger partial charge in [0, 0.05) is 11.8 Å². The second kappa shape index (κ2) is 5.79. The van der Waals surface area contributed by atoms with E-state index in [2.05, 4.69) is 45.7 Å². The van der Waals surface area contributed by atoms with Crippen LogP contribution in [0.3, 0.4) is 0 Å². The Morgan fingerprint density at radius 3 is 2.43 bits per heavy atom. The minimum absolute atomic E-state index is 0.145. The third-order valence-corrected chi connectivity index (χ3v) is 5.91. The molecule has 114 valence electrons. The summed E-state index contributed by atoms with van der Waals surface area (Å²) in [5.41, 5.74) is 0.987. The van der Waals surface area contributed by atoms with Gasteiger partial charge in [-0.3, -0.25) is 4.79 Å². The summed E-state index contributed by atoms with van der Waals surface area (Å²) in [6.07, 6.45) is 12.9. The second-order valence-electron chi connectivity index (χ2n) is 7.13. The SMILES string of the molecule is C=CC[C@@H]1C2(CC=CC2)[C@H](C(=C)C)CC(=O)[C@@]1(C)CC=C. The van der Waals surface area contributed by atoms with Crippen LogP contribution in [0.25, 0.3) is 0 Å². The lowest BCUT2D eigenvalue weighted by Gasteiger charge is -2.55. The first-order chi connectivity index (χ1) is 9.92. The molecule has 21 heavy (non-hydrogen) atoms. The van der Waals surface area contributed by atoms with E-state index in [0.717, 1.165) is 31.3 Å². The zero-order valence-electron chi connectivity index (χ0n) is 13.5. The molecule has 0 radical (unpaired) electrons. The highest BCUT2D eigenvalue weighted by Gasteiger charge is 2.58. The van der Waals surface area contributed by atoms with E-state index < -0.39 is 0 Å². The summed E-state index contributed by atoms with van der Waals surface area (Å²) < 4.78 is 0. The topological polar surface area (TPSA) is 17.1 Å². The van der Waals surface area contributed by atoms with Gasteiger partial charge < -0.3 is 0 Å². The maximum atomic E-state index is 12.9. The van der Waals surface area contributed by atoms with Crippen LogP contribution in [0.2, 0.25) is 0 Å². The predicted molar refractivity (Wildman–Crippen MR) is 90.0 cm³/mol. The van der Waals surface area contributed by atoms with Gasteiger partial charge in [0.1, 0.15) is 5.78 Å². The van der Waals surface area contributed by atoms with E-state index >= 15 is 0 Å². The van der Waals surface area contributed by atoms with Crippen molar-refractivity contribution in [2.24, 2.45) is 22.7 Å². The lowest BCUT2D eigenvalue weighted by atomic mass is 9.47. The molecule has 0 aliphatic heterocycles. The van der Waals surface area contributed by atoms with Crippen LogP contribution in [0.1, 0.15) is 46.0 Å². The Balaban J connectivity index is 2.53. The van der Waals surface area contributed by atoms with Crippen LogP contribution in [0, 0.1) is 22.7 Å². The van der Waals surface area contributed by atoms with Crippen LogP contribution in [0.15, 0.2) is 49.6 Å². The summed E-state index contributed by atoms with van der Waals surface area (Å²) >= 11 is 0. The number of allylic oxidation sites excluding steroid dienone is 5. The van der Waals surface area contributed by atoms with E-state index in [9.17, 15) is 4.79 Å². The van der Waals surface area contributed by atoms with E-state index in [0.29, 0.717) is 24.0 Å². The number of hydrogen-bond acceptors (Lipinski definition) is 1. The largest absolute Gasteiger partial charge is 0.299 e. The van der Waals surface area contributed by atoms with E-state index in [-0.39, 0.29) is 10.8 Å². The second-order valence-corrected chi connectivity index (χ2v) is 7.13. The molecule has 1 fully saturated rings. The smallest absolute Gasteiger partial charge is 0.139 e. The Kier molecular flexibility index (Phi) is 4.41. The molecule has 3 atom stereocenters. The predicted octanol–water partition coefficient (Wildman–Crippen LogP) is 5.26. The normalized spacial score (nSPS) is 34.1. The molecule has 2 rings (SSSR count). The van der Waals surface area contributed by atoms with Gasteiger partial charge in [0.05, 0.1) is 0 Å². The highest BCUT2D eigenvalue weighted by molar-refractivity contribution is 5.87. The number of rotatable bonds is 5. The molecule has 0 bridgehead atoms. The van der Waals surface area contributed by atoms with Crippen molar-refractivity contribution < 1.29 is 4.79 Å². The molecular weight excluding hydrogens is 256 g/mol. The number of carbonyl (C=O) groups is 1. The molecule has 0 unspecified atom stereocenters. The van der Waals surface area contributed by atoms with Crippen LogP contribution < -0.4 is 0 Å². The van der Waals surface area contributed by atoms with Gasteiger partial charge in [0.25, 0.3) is 0 Å². The van der Waals surface area contributed by atoms with Crippen LogP contribution >= 0.6 is 0 Å². The third kappa shape index (κ3) is 2.37. The van der Waals surface area contributed by atoms with Gasteiger partial charge in [0.2, 0.25) is 0 Å². The van der Waals surface area contributed by atoms with E-state index in [1.165, 1.54) is 0 Å². The third-order valence-electron chi connectivity index (χ3n) is 5.91. The van der Waals surface area contributed by atoms with Gasteiger partial charge >= 0.3 is 0 Å². The first kappa shape index (κ1) is 16.0. The van der Waals surface area contributed by atoms with Gasteiger partial charge in [-0.1, -0.05) is 43.4 Å². The summed E-state index contributed by atoms with van der Waals surface area (Å²) in [6, 6.07) is 0. The molecule has 0 amide bonds. The molecular formula is C20H28O. The van der Waals surface area contributed by atoms with Crippen LogP contribution in [0.5, 0.6) is 0 Å². The zero-order valence-corrected chi connectivity index (χ0v) is 13.5. The Hall–Kier alpha value is -1.37. The van der Waals surface area contributed by atoms with Crippen molar-refractivity contribution in [3.8, 4) is 0 Å². The average molecular weight is 284 g/mol. The molecule has 1 heteroatoms. The summed E-state index contributed by atoms with van der Waals surface area (Å²) in [4.78, 5) is 12.9. The maximum Gasteiger partial charge on any atom is 0.139 e. The highest BCUT2D eigenvalue weighted by Crippen LogP contribution is 2.62. The quantitative estimate of drug-likeness (QED) is 0.629. The minimum Gasteiger partial charge on any atom is -0.299 e. The Morgan fingerprint density at radius 2 is 1.95 bits per heavy atom. The van der Waals surface area contributed by atoms with E-state index in [1.807, 2.05) is 12.2 Å². The number of carbonyl (C=O) groups excluding carboxylic acids is 1. The van der Waals surface area contributed by atoms with Gasteiger partial charge in [0.15, 0.2) is 0 Å². The fraction of sp³-hybridized carbons (Fsp3) is 0.550. The van der Waals surface area contributed by atoms with Crippen molar-refractivity contribution in [3.05, 3.63) is 49.6 Å². The molecule has 2 aliphatic carbocycles. The molecule has 0 aromatic heterocycles. The van der Waals surface area contributed by atoms with E-state index in [1.54, 1.807) is 0 Å².